The van der Waals surface area contributed by atoms with Gasteiger partial charge in [0.15, 0.2) is 0 Å². The summed E-state index contributed by atoms with van der Waals surface area (Å²) in [7, 11) is 0. The fourth-order valence-electron chi connectivity index (χ4n) is 4.08. The molecule has 11 nitrogen and oxygen atoms in total. The van der Waals surface area contributed by atoms with Crippen molar-refractivity contribution >= 4 is 57.5 Å². The number of carbonyl (C=O) groups excluding carboxylic acids is 3. The Morgan fingerprint density at radius 2 is 1.98 bits per heavy atom. The first-order valence-electron chi connectivity index (χ1n) is 14.4. The molecule has 4 rings (SSSR count). The predicted molar refractivity (Wildman–Crippen MR) is 165 cm³/mol. The van der Waals surface area contributed by atoms with Crippen LogP contribution < -0.4 is 20.7 Å². The van der Waals surface area contributed by atoms with Crippen molar-refractivity contribution in [1.82, 2.24) is 15.3 Å². The van der Waals surface area contributed by atoms with E-state index in [1.807, 2.05) is 0 Å². The molecule has 3 aromatic rings. The molecule has 1 heterocycles. The van der Waals surface area contributed by atoms with Crippen LogP contribution in [0.1, 0.15) is 39.5 Å². The van der Waals surface area contributed by atoms with E-state index in [9.17, 15) is 18.8 Å². The molecule has 0 aliphatic heterocycles. The molecule has 0 bridgehead atoms. The van der Waals surface area contributed by atoms with Gasteiger partial charge in [-0.3, -0.25) is 14.4 Å². The monoisotopic (exact) mass is 627 g/mol. The van der Waals surface area contributed by atoms with Crippen LogP contribution in [-0.4, -0.2) is 60.2 Å². The van der Waals surface area contributed by atoms with Gasteiger partial charge in [0.1, 0.15) is 23.7 Å². The number of carbonyl (C=O) groups is 3. The lowest BCUT2D eigenvalue weighted by Crippen LogP contribution is -2.28. The van der Waals surface area contributed by atoms with E-state index in [-0.39, 0.29) is 30.5 Å². The minimum Gasteiger partial charge on any atom is -0.491 e. The average Bonchev–Trinajstić information content (AvgIpc) is 3.82. The van der Waals surface area contributed by atoms with Crippen LogP contribution in [0.2, 0.25) is 5.02 Å². The number of amides is 1. The molecule has 1 fully saturated rings. The summed E-state index contributed by atoms with van der Waals surface area (Å²) in [4.78, 5) is 45.0. The largest absolute Gasteiger partial charge is 0.491 e. The molecule has 13 heteroatoms. The van der Waals surface area contributed by atoms with E-state index < -0.39 is 23.8 Å². The number of esters is 2. The van der Waals surface area contributed by atoms with Gasteiger partial charge in [0, 0.05) is 36.2 Å². The third-order valence-corrected chi connectivity index (χ3v) is 6.83. The van der Waals surface area contributed by atoms with Crippen LogP contribution in [0, 0.1) is 11.7 Å². The number of nitrogens with one attached hydrogen (secondary N) is 3. The third kappa shape index (κ3) is 10.2. The summed E-state index contributed by atoms with van der Waals surface area (Å²) in [5.41, 5.74) is 1.54. The lowest BCUT2D eigenvalue weighted by atomic mass is 10.1. The molecule has 1 aromatic heterocycles. The summed E-state index contributed by atoms with van der Waals surface area (Å²) in [6.07, 6.45) is 6.63. The van der Waals surface area contributed by atoms with Crippen LogP contribution in [-0.2, 0) is 23.9 Å². The number of aromatic nitrogens is 2. The molecule has 1 aliphatic rings. The molecule has 0 radical (unpaired) electrons. The maximum absolute atomic E-state index is 13.6. The van der Waals surface area contributed by atoms with Crippen LogP contribution >= 0.6 is 11.6 Å². The summed E-state index contributed by atoms with van der Waals surface area (Å²) >= 11 is 5.93. The highest BCUT2D eigenvalue weighted by atomic mass is 35.5. The van der Waals surface area contributed by atoms with Gasteiger partial charge in [0.2, 0.25) is 5.91 Å². The summed E-state index contributed by atoms with van der Waals surface area (Å²) in [6.45, 7) is 4.45. The fourth-order valence-corrected chi connectivity index (χ4v) is 4.26. The second-order valence-corrected chi connectivity index (χ2v) is 10.7. The topological polar surface area (TPSA) is 141 Å². The molecule has 0 saturated heterocycles. The van der Waals surface area contributed by atoms with Crippen molar-refractivity contribution in [2.24, 2.45) is 5.92 Å². The molecule has 0 spiro atoms. The molecule has 1 saturated carbocycles. The molecule has 1 atom stereocenters. The van der Waals surface area contributed by atoms with Crippen molar-refractivity contribution in [1.29, 1.82) is 0 Å². The van der Waals surface area contributed by atoms with Crippen molar-refractivity contribution < 1.29 is 33.0 Å². The highest BCUT2D eigenvalue weighted by Gasteiger charge is 2.23. The highest BCUT2D eigenvalue weighted by molar-refractivity contribution is 6.31. The summed E-state index contributed by atoms with van der Waals surface area (Å²) < 4.78 is 29.8. The van der Waals surface area contributed by atoms with Crippen LogP contribution in [0.15, 0.2) is 48.8 Å². The van der Waals surface area contributed by atoms with Gasteiger partial charge in [0.25, 0.3) is 0 Å². The zero-order valence-electron chi connectivity index (χ0n) is 24.5. The Morgan fingerprint density at radius 3 is 2.73 bits per heavy atom. The van der Waals surface area contributed by atoms with Gasteiger partial charge in [-0.05, 0) is 63.3 Å². The number of halogens is 2. The summed E-state index contributed by atoms with van der Waals surface area (Å²) in [6, 6.07) is 7.70. The maximum Gasteiger partial charge on any atom is 0.320 e. The zero-order chi connectivity index (χ0) is 31.5. The minimum atomic E-state index is -0.534. The van der Waals surface area contributed by atoms with Crippen molar-refractivity contribution in [2.75, 3.05) is 36.9 Å². The summed E-state index contributed by atoms with van der Waals surface area (Å²) in [5.74, 6) is -0.354. The summed E-state index contributed by atoms with van der Waals surface area (Å²) in [5, 5.41) is 9.44. The number of benzene rings is 2. The van der Waals surface area contributed by atoms with Gasteiger partial charge in [-0.1, -0.05) is 17.7 Å². The lowest BCUT2D eigenvalue weighted by molar-refractivity contribution is -0.150. The van der Waals surface area contributed by atoms with Gasteiger partial charge in [-0.2, -0.15) is 0 Å². The van der Waals surface area contributed by atoms with Crippen LogP contribution in [0.3, 0.4) is 0 Å². The van der Waals surface area contributed by atoms with E-state index in [2.05, 4.69) is 25.9 Å². The first kappa shape index (κ1) is 32.6. The fraction of sp³-hybridized carbons (Fsp3) is 0.387. The predicted octanol–water partition coefficient (Wildman–Crippen LogP) is 5.31. The number of anilines is 3. The molecule has 1 aliphatic carbocycles. The minimum absolute atomic E-state index is 0.0316. The first-order valence-corrected chi connectivity index (χ1v) is 14.8. The molecule has 1 unspecified atom stereocenters. The van der Waals surface area contributed by atoms with E-state index in [0.29, 0.717) is 59.4 Å². The second-order valence-electron chi connectivity index (χ2n) is 10.3. The van der Waals surface area contributed by atoms with Crippen molar-refractivity contribution in [3.63, 3.8) is 0 Å². The van der Waals surface area contributed by atoms with Gasteiger partial charge < -0.3 is 30.2 Å². The molecule has 44 heavy (non-hydrogen) atoms. The van der Waals surface area contributed by atoms with Crippen molar-refractivity contribution in [3.8, 4) is 5.75 Å². The van der Waals surface area contributed by atoms with Gasteiger partial charge in [0.05, 0.1) is 42.1 Å². The molecule has 3 N–H and O–H groups in total. The Bertz CT molecular complexity index is 1520. The number of fused-ring (bicyclic) bond motifs is 1. The van der Waals surface area contributed by atoms with Gasteiger partial charge in [-0.15, -0.1) is 0 Å². The second kappa shape index (κ2) is 16.0. The van der Waals surface area contributed by atoms with E-state index in [1.165, 1.54) is 30.6 Å². The van der Waals surface area contributed by atoms with Gasteiger partial charge >= 0.3 is 11.9 Å². The van der Waals surface area contributed by atoms with E-state index in [4.69, 9.17) is 25.8 Å². The van der Waals surface area contributed by atoms with Crippen LogP contribution in [0.25, 0.3) is 10.9 Å². The molecular weight excluding hydrogens is 593 g/mol. The molecule has 2 aromatic carbocycles. The van der Waals surface area contributed by atoms with Crippen molar-refractivity contribution in [3.05, 3.63) is 59.7 Å². The van der Waals surface area contributed by atoms with Crippen LogP contribution in [0.4, 0.5) is 21.6 Å². The normalized spacial score (nSPS) is 13.5. The number of nitrogens with zero attached hydrogens (tertiary/aromatic N) is 2. The number of ether oxygens (including phenoxy) is 3. The van der Waals surface area contributed by atoms with E-state index >= 15 is 0 Å². The smallest absolute Gasteiger partial charge is 0.320 e. The van der Waals surface area contributed by atoms with Gasteiger partial charge in [-0.25, -0.2) is 14.4 Å². The molecule has 234 valence electrons. The lowest BCUT2D eigenvalue weighted by Gasteiger charge is -2.15. The number of hydrogen-bond acceptors (Lipinski definition) is 10. The number of hydrogen-bond donors (Lipinski definition) is 3. The SMILES string of the molecule is CCOC(=O)CCC(C)OC(=O)CNC/C=C/C(=O)Nc1cc2c(Nc3ccc(F)c(Cl)c3)ncnc2cc1OCC1CC1. The highest BCUT2D eigenvalue weighted by Crippen LogP contribution is 2.36. The maximum atomic E-state index is 13.6. The Hall–Kier alpha value is -4.29. The van der Waals surface area contributed by atoms with E-state index in [1.54, 1.807) is 32.1 Å². The third-order valence-electron chi connectivity index (χ3n) is 6.54. The van der Waals surface area contributed by atoms with Crippen LogP contribution in [0.5, 0.6) is 5.75 Å². The van der Waals surface area contributed by atoms with Crippen molar-refractivity contribution in [2.45, 2.75) is 45.6 Å². The standard InChI is InChI=1S/C31H35ClFN5O6/c1-3-42-29(40)11-6-19(2)44-30(41)16-34-12-4-5-28(39)38-26-14-22-25(15-27(26)43-17-20-7-8-20)35-18-36-31(22)37-21-9-10-24(33)23(32)13-21/h4-5,9-10,13-15,18-20,34H,3,6-8,11-12,16-17H2,1-2H3,(H,38,39)(H,35,36,37)/b5-4+. The zero-order valence-corrected chi connectivity index (χ0v) is 25.3. The molecule has 1 amide bonds. The Morgan fingerprint density at radius 1 is 1.16 bits per heavy atom. The average molecular weight is 628 g/mol. The van der Waals surface area contributed by atoms with E-state index in [0.717, 1.165) is 12.8 Å². The quantitative estimate of drug-likeness (QED) is 0.109. The number of rotatable bonds is 16. The first-order chi connectivity index (χ1) is 21.2. The Balaban J connectivity index is 1.35. The molecular formula is C31H35ClFN5O6. The Kier molecular flexibility index (Phi) is 11.8. The Labute approximate surface area is 259 Å².